The highest BCUT2D eigenvalue weighted by atomic mass is 32.2. The van der Waals surface area contributed by atoms with Crippen LogP contribution in [0.2, 0.25) is 0 Å². The maximum atomic E-state index is 6.10. The zero-order valence-electron chi connectivity index (χ0n) is 8.32. The van der Waals surface area contributed by atoms with Gasteiger partial charge in [-0.3, -0.25) is 0 Å². The lowest BCUT2D eigenvalue weighted by Gasteiger charge is -2.14. The minimum absolute atomic E-state index is 0.176. The number of hydrogen-bond acceptors (Lipinski definition) is 3. The molecular formula is C11H15NOS. The molecule has 0 amide bonds. The first-order valence-electron chi connectivity index (χ1n) is 4.82. The highest BCUT2D eigenvalue weighted by molar-refractivity contribution is 7.98. The molecule has 1 aromatic carbocycles. The number of methoxy groups -OCH3 is 1. The van der Waals surface area contributed by atoms with E-state index in [4.69, 9.17) is 10.5 Å². The molecule has 0 aromatic heterocycles. The van der Waals surface area contributed by atoms with Gasteiger partial charge in [-0.1, -0.05) is 12.1 Å². The number of fused-ring (bicyclic) bond motifs is 1. The third-order valence-electron chi connectivity index (χ3n) is 2.61. The van der Waals surface area contributed by atoms with Crippen molar-refractivity contribution in [2.24, 2.45) is 5.73 Å². The molecule has 2 rings (SSSR count). The van der Waals surface area contributed by atoms with E-state index in [1.54, 1.807) is 7.11 Å². The molecule has 0 saturated heterocycles. The van der Waals surface area contributed by atoms with E-state index in [1.165, 1.54) is 11.1 Å². The van der Waals surface area contributed by atoms with Crippen LogP contribution in [0.25, 0.3) is 0 Å². The summed E-state index contributed by atoms with van der Waals surface area (Å²) >= 11 is 1.93. The summed E-state index contributed by atoms with van der Waals surface area (Å²) in [5.41, 5.74) is 8.64. The van der Waals surface area contributed by atoms with Crippen LogP contribution in [0.4, 0.5) is 0 Å². The van der Waals surface area contributed by atoms with Crippen LogP contribution >= 0.6 is 11.8 Å². The summed E-state index contributed by atoms with van der Waals surface area (Å²) in [5, 5.41) is 0. The van der Waals surface area contributed by atoms with Crippen LogP contribution in [-0.4, -0.2) is 12.9 Å². The van der Waals surface area contributed by atoms with Gasteiger partial charge in [0.15, 0.2) is 0 Å². The van der Waals surface area contributed by atoms with Gasteiger partial charge in [0.05, 0.1) is 7.11 Å². The van der Waals surface area contributed by atoms with Gasteiger partial charge in [0.2, 0.25) is 0 Å². The van der Waals surface area contributed by atoms with Gasteiger partial charge in [-0.05, 0) is 23.8 Å². The lowest BCUT2D eigenvalue weighted by atomic mass is 9.99. The second-order valence-corrected chi connectivity index (χ2v) is 4.58. The SMILES string of the molecule is COc1cccc2c1CSCCC2N. The van der Waals surface area contributed by atoms with Gasteiger partial charge in [0.25, 0.3) is 0 Å². The molecule has 1 aliphatic heterocycles. The highest BCUT2D eigenvalue weighted by Gasteiger charge is 2.17. The molecule has 0 aliphatic carbocycles. The molecule has 1 heterocycles. The van der Waals surface area contributed by atoms with Gasteiger partial charge in [0, 0.05) is 17.4 Å². The average molecular weight is 209 g/mol. The average Bonchev–Trinajstić information content (AvgIpc) is 2.41. The summed E-state index contributed by atoms with van der Waals surface area (Å²) in [6.45, 7) is 0. The number of hydrogen-bond donors (Lipinski definition) is 1. The highest BCUT2D eigenvalue weighted by Crippen LogP contribution is 2.34. The Morgan fingerprint density at radius 1 is 1.50 bits per heavy atom. The fourth-order valence-electron chi connectivity index (χ4n) is 1.82. The van der Waals surface area contributed by atoms with Crippen LogP contribution in [0.15, 0.2) is 18.2 Å². The van der Waals surface area contributed by atoms with Gasteiger partial charge in [0.1, 0.15) is 5.75 Å². The van der Waals surface area contributed by atoms with Crippen molar-refractivity contribution in [3.8, 4) is 5.75 Å². The minimum atomic E-state index is 0.176. The molecule has 3 heteroatoms. The molecule has 1 aliphatic rings. The standard InChI is InChI=1S/C11H15NOS/c1-13-11-4-2-3-8-9(11)7-14-6-5-10(8)12/h2-4,10H,5-7,12H2,1H3. The molecule has 0 spiro atoms. The van der Waals surface area contributed by atoms with E-state index >= 15 is 0 Å². The summed E-state index contributed by atoms with van der Waals surface area (Å²) in [6.07, 6.45) is 1.06. The fourth-order valence-corrected chi connectivity index (χ4v) is 2.89. The van der Waals surface area contributed by atoms with Crippen molar-refractivity contribution >= 4 is 11.8 Å². The number of nitrogens with two attached hydrogens (primary N) is 1. The van der Waals surface area contributed by atoms with E-state index < -0.39 is 0 Å². The van der Waals surface area contributed by atoms with E-state index in [2.05, 4.69) is 6.07 Å². The predicted octanol–water partition coefficient (Wildman–Crippen LogP) is 2.33. The summed E-state index contributed by atoms with van der Waals surface area (Å²) in [4.78, 5) is 0. The van der Waals surface area contributed by atoms with Crippen molar-refractivity contribution in [3.05, 3.63) is 29.3 Å². The van der Waals surface area contributed by atoms with E-state index in [0.29, 0.717) is 0 Å². The van der Waals surface area contributed by atoms with E-state index in [1.807, 2.05) is 23.9 Å². The smallest absolute Gasteiger partial charge is 0.123 e. The molecule has 0 fully saturated rings. The van der Waals surface area contributed by atoms with Gasteiger partial charge >= 0.3 is 0 Å². The Hall–Kier alpha value is -0.670. The van der Waals surface area contributed by atoms with Crippen molar-refractivity contribution in [1.82, 2.24) is 0 Å². The lowest BCUT2D eigenvalue weighted by molar-refractivity contribution is 0.410. The summed E-state index contributed by atoms with van der Waals surface area (Å²) in [6, 6.07) is 6.33. The number of ether oxygens (including phenoxy) is 1. The fraction of sp³-hybridized carbons (Fsp3) is 0.455. The molecule has 76 valence electrons. The Bertz CT molecular complexity index is 327. The van der Waals surface area contributed by atoms with Gasteiger partial charge in [-0.15, -0.1) is 0 Å². The first kappa shape index (κ1) is 9.87. The van der Waals surface area contributed by atoms with Crippen LogP contribution in [-0.2, 0) is 5.75 Å². The van der Waals surface area contributed by atoms with Crippen molar-refractivity contribution in [3.63, 3.8) is 0 Å². The van der Waals surface area contributed by atoms with Crippen LogP contribution < -0.4 is 10.5 Å². The molecule has 14 heavy (non-hydrogen) atoms. The first-order chi connectivity index (χ1) is 6.83. The maximum Gasteiger partial charge on any atom is 0.123 e. The molecule has 1 atom stereocenters. The number of benzene rings is 1. The topological polar surface area (TPSA) is 35.2 Å². The predicted molar refractivity (Wildman–Crippen MR) is 60.7 cm³/mol. The summed E-state index contributed by atoms with van der Waals surface area (Å²) in [7, 11) is 1.72. The molecule has 2 N–H and O–H groups in total. The van der Waals surface area contributed by atoms with Crippen molar-refractivity contribution < 1.29 is 4.74 Å². The quantitative estimate of drug-likeness (QED) is 0.771. The van der Waals surface area contributed by atoms with Crippen LogP contribution in [0.1, 0.15) is 23.6 Å². The summed E-state index contributed by atoms with van der Waals surface area (Å²) < 4.78 is 5.35. The Morgan fingerprint density at radius 2 is 2.36 bits per heavy atom. The zero-order valence-corrected chi connectivity index (χ0v) is 9.14. The van der Waals surface area contributed by atoms with E-state index in [-0.39, 0.29) is 6.04 Å². The largest absolute Gasteiger partial charge is 0.496 e. The summed E-state index contributed by atoms with van der Waals surface area (Å²) in [5.74, 6) is 3.14. The van der Waals surface area contributed by atoms with Crippen molar-refractivity contribution in [2.45, 2.75) is 18.2 Å². The molecular weight excluding hydrogens is 194 g/mol. The van der Waals surface area contributed by atoms with Crippen LogP contribution in [0.3, 0.4) is 0 Å². The maximum absolute atomic E-state index is 6.10. The van der Waals surface area contributed by atoms with Crippen LogP contribution in [0, 0.1) is 0 Å². The Morgan fingerprint density at radius 3 is 3.14 bits per heavy atom. The van der Waals surface area contributed by atoms with E-state index in [0.717, 1.165) is 23.7 Å². The minimum Gasteiger partial charge on any atom is -0.496 e. The normalized spacial score (nSPS) is 21.1. The monoisotopic (exact) mass is 209 g/mol. The molecule has 2 nitrogen and oxygen atoms in total. The molecule has 0 bridgehead atoms. The Balaban J connectivity index is 2.46. The van der Waals surface area contributed by atoms with Crippen molar-refractivity contribution in [2.75, 3.05) is 12.9 Å². The number of rotatable bonds is 1. The second-order valence-electron chi connectivity index (χ2n) is 3.48. The molecule has 0 saturated carbocycles. The Labute approximate surface area is 88.8 Å². The van der Waals surface area contributed by atoms with Gasteiger partial charge < -0.3 is 10.5 Å². The Kier molecular flexibility index (Phi) is 2.99. The van der Waals surface area contributed by atoms with Crippen LogP contribution in [0.5, 0.6) is 5.75 Å². The molecule has 1 aromatic rings. The third-order valence-corrected chi connectivity index (χ3v) is 3.63. The third kappa shape index (κ3) is 1.74. The van der Waals surface area contributed by atoms with Gasteiger partial charge in [-0.25, -0.2) is 0 Å². The zero-order chi connectivity index (χ0) is 9.97. The van der Waals surface area contributed by atoms with Crippen molar-refractivity contribution in [1.29, 1.82) is 0 Å². The first-order valence-corrected chi connectivity index (χ1v) is 5.97. The molecule has 0 radical (unpaired) electrons. The second kappa shape index (κ2) is 4.24. The van der Waals surface area contributed by atoms with Gasteiger partial charge in [-0.2, -0.15) is 11.8 Å². The lowest BCUT2D eigenvalue weighted by Crippen LogP contribution is -2.11. The molecule has 1 unspecified atom stereocenters. The van der Waals surface area contributed by atoms with E-state index in [9.17, 15) is 0 Å². The number of thioether (sulfide) groups is 1.